The van der Waals surface area contributed by atoms with E-state index in [1.807, 2.05) is 13.0 Å². The molecule has 1 aliphatic carbocycles. The summed E-state index contributed by atoms with van der Waals surface area (Å²) in [6, 6.07) is 7.36. The molecule has 0 radical (unpaired) electrons. The standard InChI is InChI=1S/C15H14ClNO/c1-9-5-12(18)8-15(17-9)13-6-10-3-2-4-11(10)7-14(13)16/h5-8H,2-4H2,1H3,(H,17,18). The van der Waals surface area contributed by atoms with E-state index < -0.39 is 0 Å². The Morgan fingerprint density at radius 2 is 1.83 bits per heavy atom. The Morgan fingerprint density at radius 1 is 1.11 bits per heavy atom. The van der Waals surface area contributed by atoms with Gasteiger partial charge in [-0.05, 0) is 49.4 Å². The van der Waals surface area contributed by atoms with Crippen LogP contribution in [0.5, 0.6) is 0 Å². The van der Waals surface area contributed by atoms with Crippen LogP contribution in [0.1, 0.15) is 23.2 Å². The number of halogens is 1. The minimum absolute atomic E-state index is 0.0119. The van der Waals surface area contributed by atoms with Crippen molar-refractivity contribution in [2.45, 2.75) is 26.2 Å². The van der Waals surface area contributed by atoms with Gasteiger partial charge >= 0.3 is 0 Å². The molecule has 0 bridgehead atoms. The zero-order valence-corrected chi connectivity index (χ0v) is 11.0. The lowest BCUT2D eigenvalue weighted by Crippen LogP contribution is -2.02. The Balaban J connectivity index is 2.19. The normalized spacial score (nSPS) is 13.7. The predicted octanol–water partition coefficient (Wildman–Crippen LogP) is 3.49. The van der Waals surface area contributed by atoms with Gasteiger partial charge < -0.3 is 4.98 Å². The molecule has 18 heavy (non-hydrogen) atoms. The van der Waals surface area contributed by atoms with Gasteiger partial charge in [0, 0.05) is 23.4 Å². The van der Waals surface area contributed by atoms with Crippen LogP contribution in [0, 0.1) is 6.92 Å². The minimum Gasteiger partial charge on any atom is -0.358 e. The number of rotatable bonds is 1. The van der Waals surface area contributed by atoms with E-state index in [9.17, 15) is 4.79 Å². The SMILES string of the molecule is Cc1cc(=O)cc(-c2cc3c(cc2Cl)CCC3)[nH]1. The average molecular weight is 260 g/mol. The fourth-order valence-electron chi connectivity index (χ4n) is 2.63. The number of pyridine rings is 1. The fraction of sp³-hybridized carbons (Fsp3) is 0.267. The molecule has 2 aromatic rings. The molecule has 3 heteroatoms. The first-order valence-electron chi connectivity index (χ1n) is 6.16. The van der Waals surface area contributed by atoms with Crippen molar-refractivity contribution in [2.75, 3.05) is 0 Å². The fourth-order valence-corrected chi connectivity index (χ4v) is 2.92. The molecular weight excluding hydrogens is 246 g/mol. The van der Waals surface area contributed by atoms with Gasteiger partial charge in [0.1, 0.15) is 0 Å². The number of aromatic amines is 1. The summed E-state index contributed by atoms with van der Waals surface area (Å²) in [5, 5.41) is 0.719. The molecule has 0 spiro atoms. The third-order valence-electron chi connectivity index (χ3n) is 3.45. The summed E-state index contributed by atoms with van der Waals surface area (Å²) < 4.78 is 0. The summed E-state index contributed by atoms with van der Waals surface area (Å²) >= 11 is 6.33. The Morgan fingerprint density at radius 3 is 2.56 bits per heavy atom. The first-order chi connectivity index (χ1) is 8.63. The molecule has 1 aliphatic rings. The molecule has 0 fully saturated rings. The van der Waals surface area contributed by atoms with Crippen molar-refractivity contribution in [1.29, 1.82) is 0 Å². The number of nitrogens with one attached hydrogen (secondary N) is 1. The van der Waals surface area contributed by atoms with E-state index in [4.69, 9.17) is 11.6 Å². The highest BCUT2D eigenvalue weighted by Crippen LogP contribution is 2.33. The van der Waals surface area contributed by atoms with Crippen molar-refractivity contribution in [1.82, 2.24) is 4.98 Å². The third kappa shape index (κ3) is 1.97. The molecule has 0 saturated heterocycles. The number of hydrogen-bond acceptors (Lipinski definition) is 1. The molecular formula is C15H14ClNO. The summed E-state index contributed by atoms with van der Waals surface area (Å²) in [6.45, 7) is 1.88. The number of aromatic nitrogens is 1. The largest absolute Gasteiger partial charge is 0.358 e. The van der Waals surface area contributed by atoms with E-state index in [0.29, 0.717) is 0 Å². The average Bonchev–Trinajstić information content (AvgIpc) is 2.73. The first-order valence-corrected chi connectivity index (χ1v) is 6.54. The highest BCUT2D eigenvalue weighted by molar-refractivity contribution is 6.33. The predicted molar refractivity (Wildman–Crippen MR) is 74.3 cm³/mol. The zero-order chi connectivity index (χ0) is 12.7. The second-order valence-corrected chi connectivity index (χ2v) is 5.27. The minimum atomic E-state index is 0.0119. The van der Waals surface area contributed by atoms with Gasteiger partial charge in [-0.3, -0.25) is 4.79 Å². The molecule has 3 rings (SSSR count). The maximum absolute atomic E-state index is 11.6. The maximum Gasteiger partial charge on any atom is 0.182 e. The smallest absolute Gasteiger partial charge is 0.182 e. The van der Waals surface area contributed by atoms with Crippen LogP contribution in [-0.2, 0) is 12.8 Å². The second kappa shape index (κ2) is 4.29. The topological polar surface area (TPSA) is 32.9 Å². The molecule has 1 aromatic heterocycles. The van der Waals surface area contributed by atoms with Gasteiger partial charge in [-0.15, -0.1) is 0 Å². The van der Waals surface area contributed by atoms with Crippen molar-refractivity contribution in [3.8, 4) is 11.3 Å². The number of aryl methyl sites for hydroxylation is 3. The third-order valence-corrected chi connectivity index (χ3v) is 3.76. The van der Waals surface area contributed by atoms with Crippen LogP contribution in [0.15, 0.2) is 29.1 Å². The van der Waals surface area contributed by atoms with Gasteiger partial charge in [0.15, 0.2) is 5.43 Å². The van der Waals surface area contributed by atoms with Crippen LogP contribution in [0.3, 0.4) is 0 Å². The van der Waals surface area contributed by atoms with E-state index in [-0.39, 0.29) is 5.43 Å². The van der Waals surface area contributed by atoms with Crippen LogP contribution in [0.25, 0.3) is 11.3 Å². The van der Waals surface area contributed by atoms with E-state index >= 15 is 0 Å². The number of fused-ring (bicyclic) bond motifs is 1. The van der Waals surface area contributed by atoms with E-state index in [0.717, 1.165) is 34.8 Å². The highest BCUT2D eigenvalue weighted by atomic mass is 35.5. The van der Waals surface area contributed by atoms with Crippen molar-refractivity contribution in [3.63, 3.8) is 0 Å². The molecule has 1 aromatic carbocycles. The number of hydrogen-bond donors (Lipinski definition) is 1. The number of benzene rings is 1. The Kier molecular flexibility index (Phi) is 2.75. The van der Waals surface area contributed by atoms with Gasteiger partial charge in [-0.2, -0.15) is 0 Å². The van der Waals surface area contributed by atoms with E-state index in [1.54, 1.807) is 12.1 Å². The van der Waals surface area contributed by atoms with Crippen LogP contribution < -0.4 is 5.43 Å². The van der Waals surface area contributed by atoms with Gasteiger partial charge in [-0.1, -0.05) is 11.6 Å². The lowest BCUT2D eigenvalue weighted by molar-refractivity contribution is 0.912. The summed E-state index contributed by atoms with van der Waals surface area (Å²) in [4.78, 5) is 14.8. The number of H-pyrrole nitrogens is 1. The summed E-state index contributed by atoms with van der Waals surface area (Å²) in [5.74, 6) is 0. The van der Waals surface area contributed by atoms with Crippen LogP contribution in [0.2, 0.25) is 5.02 Å². The molecule has 2 nitrogen and oxygen atoms in total. The van der Waals surface area contributed by atoms with Crippen molar-refractivity contribution < 1.29 is 0 Å². The van der Waals surface area contributed by atoms with Gasteiger partial charge in [0.05, 0.1) is 10.7 Å². The molecule has 92 valence electrons. The molecule has 1 N–H and O–H groups in total. The Labute approximate surface area is 111 Å². The van der Waals surface area contributed by atoms with Crippen molar-refractivity contribution in [2.24, 2.45) is 0 Å². The van der Waals surface area contributed by atoms with Gasteiger partial charge in [0.2, 0.25) is 0 Å². The van der Waals surface area contributed by atoms with Gasteiger partial charge in [-0.25, -0.2) is 0 Å². The monoisotopic (exact) mass is 259 g/mol. The lowest BCUT2D eigenvalue weighted by atomic mass is 10.0. The second-order valence-electron chi connectivity index (χ2n) is 4.87. The highest BCUT2D eigenvalue weighted by Gasteiger charge is 2.15. The van der Waals surface area contributed by atoms with Crippen molar-refractivity contribution in [3.05, 3.63) is 56.3 Å². The molecule has 0 saturated carbocycles. The van der Waals surface area contributed by atoms with Gasteiger partial charge in [0.25, 0.3) is 0 Å². The first kappa shape index (κ1) is 11.5. The molecule has 0 unspecified atom stereocenters. The maximum atomic E-state index is 11.6. The van der Waals surface area contributed by atoms with E-state index in [2.05, 4.69) is 11.1 Å². The molecule has 0 amide bonds. The quantitative estimate of drug-likeness (QED) is 0.835. The van der Waals surface area contributed by atoms with Crippen LogP contribution >= 0.6 is 11.6 Å². The Hall–Kier alpha value is -1.54. The summed E-state index contributed by atoms with van der Waals surface area (Å²) in [6.07, 6.45) is 3.41. The Bertz CT molecular complexity index is 673. The zero-order valence-electron chi connectivity index (χ0n) is 10.2. The van der Waals surface area contributed by atoms with Crippen LogP contribution in [0.4, 0.5) is 0 Å². The molecule has 0 aliphatic heterocycles. The van der Waals surface area contributed by atoms with E-state index in [1.165, 1.54) is 17.5 Å². The summed E-state index contributed by atoms with van der Waals surface area (Å²) in [5.41, 5.74) is 5.31. The van der Waals surface area contributed by atoms with Crippen molar-refractivity contribution >= 4 is 11.6 Å². The summed E-state index contributed by atoms with van der Waals surface area (Å²) in [7, 11) is 0. The lowest BCUT2D eigenvalue weighted by Gasteiger charge is -2.09. The molecule has 1 heterocycles. The molecule has 0 atom stereocenters. The van der Waals surface area contributed by atoms with Crippen LogP contribution in [-0.4, -0.2) is 4.98 Å².